The molecule has 0 aliphatic heterocycles. The molecule has 0 aliphatic rings. The molecule has 0 aromatic carbocycles. The predicted octanol–water partition coefficient (Wildman–Crippen LogP) is 1.92. The summed E-state index contributed by atoms with van der Waals surface area (Å²) in [7, 11) is 1.66. The maximum atomic E-state index is 11.8. The number of hydrogen-bond acceptors (Lipinski definition) is 4. The fourth-order valence-corrected chi connectivity index (χ4v) is 1.50. The third-order valence-electron chi connectivity index (χ3n) is 2.64. The average molecular weight is 265 g/mol. The van der Waals surface area contributed by atoms with Crippen molar-refractivity contribution in [2.24, 2.45) is 5.92 Å². The molecule has 106 valence electrons. The number of amides is 1. The molecule has 19 heavy (non-hydrogen) atoms. The zero-order valence-corrected chi connectivity index (χ0v) is 11.9. The first kappa shape index (κ1) is 15.4. The summed E-state index contributed by atoms with van der Waals surface area (Å²) in [6.07, 6.45) is 2.63. The number of pyridine rings is 1. The Balaban J connectivity index is 2.39. The largest absolute Gasteiger partial charge is 0.383 e. The number of carbonyl (C=O) groups excluding carboxylic acids is 1. The van der Waals surface area contributed by atoms with Gasteiger partial charge in [0.1, 0.15) is 5.69 Å². The second kappa shape index (κ2) is 8.48. The lowest BCUT2D eigenvalue weighted by molar-refractivity contribution is 0.0947. The van der Waals surface area contributed by atoms with E-state index in [0.717, 1.165) is 18.7 Å². The van der Waals surface area contributed by atoms with Crippen LogP contribution in [0.15, 0.2) is 18.3 Å². The summed E-state index contributed by atoms with van der Waals surface area (Å²) in [6.45, 7) is 6.30. The Morgan fingerprint density at radius 1 is 1.37 bits per heavy atom. The summed E-state index contributed by atoms with van der Waals surface area (Å²) < 4.78 is 4.94. The van der Waals surface area contributed by atoms with Gasteiger partial charge in [-0.1, -0.05) is 13.8 Å². The molecule has 0 unspecified atom stereocenters. The maximum Gasteiger partial charge on any atom is 0.269 e. The van der Waals surface area contributed by atoms with E-state index in [1.165, 1.54) is 0 Å². The van der Waals surface area contributed by atoms with E-state index in [4.69, 9.17) is 4.74 Å². The quantitative estimate of drug-likeness (QED) is 0.705. The molecule has 2 N–H and O–H groups in total. The number of hydrogen-bond donors (Lipinski definition) is 2. The van der Waals surface area contributed by atoms with Crippen LogP contribution < -0.4 is 10.6 Å². The minimum absolute atomic E-state index is 0.121. The van der Waals surface area contributed by atoms with Crippen LogP contribution in [0, 0.1) is 5.92 Å². The first-order valence-electron chi connectivity index (χ1n) is 6.60. The normalized spacial score (nSPS) is 10.5. The zero-order chi connectivity index (χ0) is 14.1. The standard InChI is InChI=1S/C14H23N3O2/c1-11(2)6-7-16-14(18)13-5-4-12(10-17-13)15-8-9-19-3/h4-5,10-11,15H,6-9H2,1-3H3,(H,16,18). The van der Waals surface area contributed by atoms with E-state index in [-0.39, 0.29) is 5.91 Å². The van der Waals surface area contributed by atoms with E-state index in [1.54, 1.807) is 19.4 Å². The number of aromatic nitrogens is 1. The van der Waals surface area contributed by atoms with E-state index in [1.807, 2.05) is 6.07 Å². The van der Waals surface area contributed by atoms with Crippen molar-refractivity contribution >= 4 is 11.6 Å². The Bertz CT molecular complexity index is 377. The molecule has 0 saturated carbocycles. The van der Waals surface area contributed by atoms with Crippen molar-refractivity contribution in [3.63, 3.8) is 0 Å². The fourth-order valence-electron chi connectivity index (χ4n) is 1.50. The van der Waals surface area contributed by atoms with Gasteiger partial charge in [0.2, 0.25) is 0 Å². The average Bonchev–Trinajstić information content (AvgIpc) is 2.39. The third-order valence-corrected chi connectivity index (χ3v) is 2.64. The van der Waals surface area contributed by atoms with E-state index in [0.29, 0.717) is 24.8 Å². The lowest BCUT2D eigenvalue weighted by Gasteiger charge is -2.08. The molecule has 5 nitrogen and oxygen atoms in total. The Kier molecular flexibility index (Phi) is 6.89. The van der Waals surface area contributed by atoms with Gasteiger partial charge in [-0.2, -0.15) is 0 Å². The smallest absolute Gasteiger partial charge is 0.269 e. The van der Waals surface area contributed by atoms with Gasteiger partial charge in [0.25, 0.3) is 5.91 Å². The van der Waals surface area contributed by atoms with E-state index in [9.17, 15) is 4.79 Å². The number of ether oxygens (including phenoxy) is 1. The summed E-state index contributed by atoms with van der Waals surface area (Å²) in [4.78, 5) is 15.9. The maximum absolute atomic E-state index is 11.8. The summed E-state index contributed by atoms with van der Waals surface area (Å²) in [5.41, 5.74) is 1.33. The first-order chi connectivity index (χ1) is 9.13. The van der Waals surface area contributed by atoms with Crippen LogP contribution in [0.5, 0.6) is 0 Å². The fraction of sp³-hybridized carbons (Fsp3) is 0.571. The molecule has 0 fully saturated rings. The number of nitrogens with one attached hydrogen (secondary N) is 2. The number of methoxy groups -OCH3 is 1. The molecule has 1 rings (SSSR count). The molecule has 0 atom stereocenters. The highest BCUT2D eigenvalue weighted by Gasteiger charge is 2.06. The van der Waals surface area contributed by atoms with E-state index in [2.05, 4.69) is 29.5 Å². The lowest BCUT2D eigenvalue weighted by atomic mass is 10.1. The van der Waals surface area contributed by atoms with E-state index < -0.39 is 0 Å². The third kappa shape index (κ3) is 6.20. The van der Waals surface area contributed by atoms with Crippen LogP contribution in [-0.2, 0) is 4.74 Å². The van der Waals surface area contributed by atoms with Gasteiger partial charge in [0.15, 0.2) is 0 Å². The summed E-state index contributed by atoms with van der Waals surface area (Å²) >= 11 is 0. The number of rotatable bonds is 8. The highest BCUT2D eigenvalue weighted by Crippen LogP contribution is 2.06. The van der Waals surface area contributed by atoms with Crippen molar-refractivity contribution < 1.29 is 9.53 Å². The molecular formula is C14H23N3O2. The molecule has 0 spiro atoms. The van der Waals surface area contributed by atoms with Crippen molar-refractivity contribution in [1.82, 2.24) is 10.3 Å². The molecule has 0 bridgehead atoms. The zero-order valence-electron chi connectivity index (χ0n) is 11.9. The number of carbonyl (C=O) groups is 1. The van der Waals surface area contributed by atoms with Gasteiger partial charge in [-0.15, -0.1) is 0 Å². The number of anilines is 1. The number of nitrogens with zero attached hydrogens (tertiary/aromatic N) is 1. The minimum Gasteiger partial charge on any atom is -0.383 e. The van der Waals surface area contributed by atoms with Gasteiger partial charge in [-0.05, 0) is 24.5 Å². The Hall–Kier alpha value is -1.62. The topological polar surface area (TPSA) is 63.2 Å². The van der Waals surface area contributed by atoms with Gasteiger partial charge < -0.3 is 15.4 Å². The lowest BCUT2D eigenvalue weighted by Crippen LogP contribution is -2.26. The molecule has 1 aromatic rings. The van der Waals surface area contributed by atoms with Gasteiger partial charge in [0.05, 0.1) is 18.5 Å². The first-order valence-corrected chi connectivity index (χ1v) is 6.60. The highest BCUT2D eigenvalue weighted by atomic mass is 16.5. The summed E-state index contributed by atoms with van der Waals surface area (Å²) in [5, 5.41) is 6.01. The summed E-state index contributed by atoms with van der Waals surface area (Å²) in [6, 6.07) is 3.57. The molecule has 0 aliphatic carbocycles. The molecule has 0 saturated heterocycles. The Morgan fingerprint density at radius 3 is 2.74 bits per heavy atom. The molecular weight excluding hydrogens is 242 g/mol. The minimum atomic E-state index is -0.121. The second-order valence-electron chi connectivity index (χ2n) is 4.79. The monoisotopic (exact) mass is 265 g/mol. The molecule has 1 aromatic heterocycles. The van der Waals surface area contributed by atoms with Crippen molar-refractivity contribution in [2.75, 3.05) is 32.1 Å². The van der Waals surface area contributed by atoms with Crippen molar-refractivity contribution in [3.8, 4) is 0 Å². The predicted molar refractivity (Wildman–Crippen MR) is 76.4 cm³/mol. The highest BCUT2D eigenvalue weighted by molar-refractivity contribution is 5.92. The van der Waals surface area contributed by atoms with Crippen LogP contribution in [-0.4, -0.2) is 37.7 Å². The Labute approximate surface area is 114 Å². The van der Waals surface area contributed by atoms with Crippen molar-refractivity contribution in [1.29, 1.82) is 0 Å². The van der Waals surface area contributed by atoms with Gasteiger partial charge in [-0.3, -0.25) is 4.79 Å². The van der Waals surface area contributed by atoms with Crippen LogP contribution in [0.25, 0.3) is 0 Å². The van der Waals surface area contributed by atoms with E-state index >= 15 is 0 Å². The van der Waals surface area contributed by atoms with Crippen LogP contribution in [0.1, 0.15) is 30.8 Å². The van der Waals surface area contributed by atoms with Crippen LogP contribution >= 0.6 is 0 Å². The van der Waals surface area contributed by atoms with Crippen LogP contribution in [0.2, 0.25) is 0 Å². The molecule has 0 radical (unpaired) electrons. The van der Waals surface area contributed by atoms with Crippen LogP contribution in [0.3, 0.4) is 0 Å². The Morgan fingerprint density at radius 2 is 2.16 bits per heavy atom. The van der Waals surface area contributed by atoms with Gasteiger partial charge in [0, 0.05) is 20.2 Å². The molecule has 5 heteroatoms. The van der Waals surface area contributed by atoms with Crippen molar-refractivity contribution in [3.05, 3.63) is 24.0 Å². The SMILES string of the molecule is COCCNc1ccc(C(=O)NCCC(C)C)nc1. The van der Waals surface area contributed by atoms with Crippen LogP contribution in [0.4, 0.5) is 5.69 Å². The molecule has 1 heterocycles. The summed E-state index contributed by atoms with van der Waals surface area (Å²) in [5.74, 6) is 0.463. The van der Waals surface area contributed by atoms with Gasteiger partial charge in [-0.25, -0.2) is 4.98 Å². The van der Waals surface area contributed by atoms with Gasteiger partial charge >= 0.3 is 0 Å². The molecule has 1 amide bonds. The van der Waals surface area contributed by atoms with Crippen molar-refractivity contribution in [2.45, 2.75) is 20.3 Å². The second-order valence-corrected chi connectivity index (χ2v) is 4.79.